The lowest BCUT2D eigenvalue weighted by atomic mass is 10.0. The largest absolute Gasteiger partial charge is 0.367 e. The Morgan fingerprint density at radius 3 is 2.58 bits per heavy atom. The predicted octanol–water partition coefficient (Wildman–Crippen LogP) is 2.71. The summed E-state index contributed by atoms with van der Waals surface area (Å²) in [4.78, 5) is 19.6. The summed E-state index contributed by atoms with van der Waals surface area (Å²) in [6.45, 7) is 11.9. The molecule has 1 aliphatic rings. The number of rotatable bonds is 6. The molecular formula is C19H32N4O. The summed E-state index contributed by atoms with van der Waals surface area (Å²) in [6.07, 6.45) is 3.15. The van der Waals surface area contributed by atoms with Crippen molar-refractivity contribution in [2.75, 3.05) is 32.0 Å². The summed E-state index contributed by atoms with van der Waals surface area (Å²) >= 11 is 0. The van der Waals surface area contributed by atoms with Crippen molar-refractivity contribution < 1.29 is 4.79 Å². The maximum Gasteiger partial charge on any atom is 0.254 e. The van der Waals surface area contributed by atoms with Gasteiger partial charge < -0.3 is 15.5 Å². The number of hydrogen-bond acceptors (Lipinski definition) is 4. The summed E-state index contributed by atoms with van der Waals surface area (Å²) in [5.41, 5.74) is 3.01. The van der Waals surface area contributed by atoms with Gasteiger partial charge in [0.05, 0.1) is 5.56 Å². The second-order valence-corrected chi connectivity index (χ2v) is 7.39. The number of nitrogens with one attached hydrogen (secondary N) is 2. The molecule has 0 radical (unpaired) electrons. The van der Waals surface area contributed by atoms with Gasteiger partial charge in [-0.3, -0.25) is 4.79 Å². The van der Waals surface area contributed by atoms with Crippen LogP contribution >= 0.6 is 0 Å². The van der Waals surface area contributed by atoms with Gasteiger partial charge in [-0.1, -0.05) is 13.8 Å². The fraction of sp³-hybridized carbons (Fsp3) is 0.684. The normalized spacial score (nSPS) is 15.3. The van der Waals surface area contributed by atoms with Crippen LogP contribution in [0.15, 0.2) is 6.07 Å². The molecule has 1 aromatic heterocycles. The zero-order chi connectivity index (χ0) is 17.7. The quantitative estimate of drug-likeness (QED) is 0.841. The SMILES string of the molecule is CNC(=O)c1cc2c(nc1NC(C)C)CCN(CCC(C)C)CC2. The molecule has 0 atom stereocenters. The van der Waals surface area contributed by atoms with Gasteiger partial charge in [0, 0.05) is 38.3 Å². The monoisotopic (exact) mass is 332 g/mol. The molecular weight excluding hydrogens is 300 g/mol. The van der Waals surface area contributed by atoms with Gasteiger partial charge in [-0.05, 0) is 50.8 Å². The van der Waals surface area contributed by atoms with Crippen LogP contribution in [0.25, 0.3) is 0 Å². The Bertz CT molecular complexity index is 569. The molecule has 1 aliphatic heterocycles. The van der Waals surface area contributed by atoms with E-state index in [1.807, 2.05) is 6.07 Å². The highest BCUT2D eigenvalue weighted by molar-refractivity contribution is 5.98. The topological polar surface area (TPSA) is 57.3 Å². The molecule has 0 spiro atoms. The zero-order valence-electron chi connectivity index (χ0n) is 15.8. The van der Waals surface area contributed by atoms with Crippen LogP contribution in [0, 0.1) is 5.92 Å². The van der Waals surface area contributed by atoms with Gasteiger partial charge in [0.25, 0.3) is 5.91 Å². The molecule has 0 aromatic carbocycles. The molecule has 0 bridgehead atoms. The van der Waals surface area contributed by atoms with Gasteiger partial charge in [-0.25, -0.2) is 4.98 Å². The molecule has 5 heteroatoms. The van der Waals surface area contributed by atoms with E-state index in [0.29, 0.717) is 11.4 Å². The molecule has 0 aliphatic carbocycles. The van der Waals surface area contributed by atoms with Crippen LogP contribution in [0.2, 0.25) is 0 Å². The van der Waals surface area contributed by atoms with Crippen molar-refractivity contribution >= 4 is 11.7 Å². The number of hydrogen-bond donors (Lipinski definition) is 2. The summed E-state index contributed by atoms with van der Waals surface area (Å²) in [5.74, 6) is 1.36. The number of anilines is 1. The van der Waals surface area contributed by atoms with E-state index >= 15 is 0 Å². The Hall–Kier alpha value is -1.62. The number of aromatic nitrogens is 1. The lowest BCUT2D eigenvalue weighted by Crippen LogP contribution is -2.28. The van der Waals surface area contributed by atoms with Crippen LogP contribution in [0.3, 0.4) is 0 Å². The van der Waals surface area contributed by atoms with E-state index in [1.165, 1.54) is 12.0 Å². The zero-order valence-corrected chi connectivity index (χ0v) is 15.8. The number of carbonyl (C=O) groups excluding carboxylic acids is 1. The van der Waals surface area contributed by atoms with Crippen molar-refractivity contribution in [3.8, 4) is 0 Å². The molecule has 2 N–H and O–H groups in total. The first kappa shape index (κ1) is 18.7. The van der Waals surface area contributed by atoms with E-state index in [1.54, 1.807) is 7.05 Å². The average molecular weight is 332 g/mol. The van der Waals surface area contributed by atoms with Crippen molar-refractivity contribution in [1.82, 2.24) is 15.2 Å². The number of fused-ring (bicyclic) bond motifs is 1. The molecule has 134 valence electrons. The molecule has 0 unspecified atom stereocenters. The third-order valence-electron chi connectivity index (χ3n) is 4.47. The Morgan fingerprint density at radius 2 is 1.96 bits per heavy atom. The second kappa shape index (κ2) is 8.47. The molecule has 1 aromatic rings. The standard InChI is InChI=1S/C19H32N4O/c1-13(2)6-9-23-10-7-15-12-16(19(24)20-5)18(21-14(3)4)22-17(15)8-11-23/h12-14H,6-11H2,1-5H3,(H,20,24)(H,21,22). The highest BCUT2D eigenvalue weighted by atomic mass is 16.1. The van der Waals surface area contributed by atoms with Gasteiger partial charge in [0.1, 0.15) is 5.82 Å². The molecule has 0 saturated carbocycles. The first-order valence-electron chi connectivity index (χ1n) is 9.14. The van der Waals surface area contributed by atoms with Gasteiger partial charge in [0.2, 0.25) is 0 Å². The Labute approximate surface area is 146 Å². The minimum Gasteiger partial charge on any atom is -0.367 e. The highest BCUT2D eigenvalue weighted by Gasteiger charge is 2.20. The van der Waals surface area contributed by atoms with Crippen molar-refractivity contribution in [3.63, 3.8) is 0 Å². The van der Waals surface area contributed by atoms with E-state index in [-0.39, 0.29) is 11.9 Å². The van der Waals surface area contributed by atoms with Crippen LogP contribution < -0.4 is 10.6 Å². The van der Waals surface area contributed by atoms with Crippen molar-refractivity contribution in [2.24, 2.45) is 5.92 Å². The number of pyridine rings is 1. The number of nitrogens with zero attached hydrogens (tertiary/aromatic N) is 2. The second-order valence-electron chi connectivity index (χ2n) is 7.39. The number of amides is 1. The van der Waals surface area contributed by atoms with Gasteiger partial charge in [-0.15, -0.1) is 0 Å². The summed E-state index contributed by atoms with van der Waals surface area (Å²) in [5, 5.41) is 6.05. The van der Waals surface area contributed by atoms with Crippen LogP contribution in [0.5, 0.6) is 0 Å². The third-order valence-corrected chi connectivity index (χ3v) is 4.47. The first-order chi connectivity index (χ1) is 11.4. The summed E-state index contributed by atoms with van der Waals surface area (Å²) < 4.78 is 0. The van der Waals surface area contributed by atoms with E-state index in [9.17, 15) is 4.79 Å². The van der Waals surface area contributed by atoms with Gasteiger partial charge in [0.15, 0.2) is 0 Å². The molecule has 2 heterocycles. The lowest BCUT2D eigenvalue weighted by Gasteiger charge is -2.20. The molecule has 0 saturated heterocycles. The lowest BCUT2D eigenvalue weighted by molar-refractivity contribution is 0.0963. The molecule has 24 heavy (non-hydrogen) atoms. The summed E-state index contributed by atoms with van der Waals surface area (Å²) in [6, 6.07) is 2.28. The van der Waals surface area contributed by atoms with Gasteiger partial charge in [-0.2, -0.15) is 0 Å². The maximum absolute atomic E-state index is 12.2. The molecule has 2 rings (SSSR count). The maximum atomic E-state index is 12.2. The predicted molar refractivity (Wildman–Crippen MR) is 99.7 cm³/mol. The van der Waals surface area contributed by atoms with E-state index in [2.05, 4.69) is 43.2 Å². The van der Waals surface area contributed by atoms with Crippen molar-refractivity contribution in [3.05, 3.63) is 22.9 Å². The van der Waals surface area contributed by atoms with Crippen molar-refractivity contribution in [2.45, 2.75) is 53.0 Å². The Balaban J connectivity index is 2.21. The van der Waals surface area contributed by atoms with Gasteiger partial charge >= 0.3 is 0 Å². The van der Waals surface area contributed by atoms with Crippen LogP contribution in [-0.4, -0.2) is 48.5 Å². The highest BCUT2D eigenvalue weighted by Crippen LogP contribution is 2.22. The smallest absolute Gasteiger partial charge is 0.254 e. The Morgan fingerprint density at radius 1 is 1.25 bits per heavy atom. The van der Waals surface area contributed by atoms with E-state index in [0.717, 1.165) is 44.1 Å². The Kier molecular flexibility index (Phi) is 6.60. The average Bonchev–Trinajstić information content (AvgIpc) is 2.73. The fourth-order valence-corrected chi connectivity index (χ4v) is 3.04. The van der Waals surface area contributed by atoms with Crippen LogP contribution in [0.1, 0.15) is 55.7 Å². The minimum absolute atomic E-state index is 0.0747. The first-order valence-corrected chi connectivity index (χ1v) is 9.14. The minimum atomic E-state index is -0.0747. The molecule has 1 amide bonds. The molecule has 0 fully saturated rings. The van der Waals surface area contributed by atoms with Crippen molar-refractivity contribution in [1.29, 1.82) is 0 Å². The number of carbonyl (C=O) groups is 1. The van der Waals surface area contributed by atoms with Crippen LogP contribution in [-0.2, 0) is 12.8 Å². The third kappa shape index (κ3) is 4.94. The fourth-order valence-electron chi connectivity index (χ4n) is 3.04. The summed E-state index contributed by atoms with van der Waals surface area (Å²) in [7, 11) is 1.67. The van der Waals surface area contributed by atoms with E-state index in [4.69, 9.17) is 4.98 Å². The molecule has 5 nitrogen and oxygen atoms in total. The van der Waals surface area contributed by atoms with E-state index < -0.39 is 0 Å². The van der Waals surface area contributed by atoms with Crippen LogP contribution in [0.4, 0.5) is 5.82 Å².